The second kappa shape index (κ2) is 14.9. The van der Waals surface area contributed by atoms with Crippen molar-refractivity contribution in [3.63, 3.8) is 0 Å². The van der Waals surface area contributed by atoms with Crippen molar-refractivity contribution in [2.45, 2.75) is 62.1 Å². The number of thioether (sulfide) groups is 1. The summed E-state index contributed by atoms with van der Waals surface area (Å²) in [6.45, 7) is -0.0130. The number of ether oxygens (including phenoxy) is 3. The Kier molecular flexibility index (Phi) is 11.0. The molecule has 3 aromatic carbocycles. The van der Waals surface area contributed by atoms with E-state index < -0.39 is 12.3 Å². The van der Waals surface area contributed by atoms with Crippen molar-refractivity contribution < 1.29 is 34.0 Å². The van der Waals surface area contributed by atoms with Gasteiger partial charge in [-0.1, -0.05) is 48.5 Å². The number of carbonyl (C=O) groups excluding carboxylic acids is 1. The number of para-hydroxylation sites is 1. The Balaban J connectivity index is 1.43. The first-order valence-electron chi connectivity index (χ1n) is 13.3. The molecule has 9 heteroatoms. The predicted octanol–water partition coefficient (Wildman–Crippen LogP) is 6.11. The molecule has 3 N–H and O–H groups in total. The Morgan fingerprint density at radius 2 is 1.65 bits per heavy atom. The molecule has 1 aliphatic heterocycles. The van der Waals surface area contributed by atoms with Crippen LogP contribution in [0.2, 0.25) is 0 Å². The summed E-state index contributed by atoms with van der Waals surface area (Å²) in [7, 11) is 1.66. The number of amides is 1. The molecule has 3 aromatic rings. The third kappa shape index (κ3) is 8.56. The van der Waals surface area contributed by atoms with Crippen molar-refractivity contribution in [1.29, 1.82) is 0 Å². The van der Waals surface area contributed by atoms with Crippen molar-refractivity contribution in [2.75, 3.05) is 18.2 Å². The number of carboxylic acids is 1. The smallest absolute Gasteiger partial charge is 0.303 e. The predicted molar refractivity (Wildman–Crippen MR) is 153 cm³/mol. The Hall–Kier alpha value is -3.37. The van der Waals surface area contributed by atoms with Crippen LogP contribution in [0.3, 0.4) is 0 Å². The van der Waals surface area contributed by atoms with Gasteiger partial charge in [0.15, 0.2) is 6.29 Å². The van der Waals surface area contributed by atoms with E-state index in [1.807, 2.05) is 72.8 Å². The summed E-state index contributed by atoms with van der Waals surface area (Å²) in [6.07, 6.45) is 1.11. The highest BCUT2D eigenvalue weighted by Gasteiger charge is 2.32. The highest BCUT2D eigenvalue weighted by molar-refractivity contribution is 7.99. The van der Waals surface area contributed by atoms with Gasteiger partial charge in [0.2, 0.25) is 5.91 Å². The molecule has 1 heterocycles. The minimum Gasteiger partial charge on any atom is -0.496 e. The molecule has 0 saturated carbocycles. The van der Waals surface area contributed by atoms with Gasteiger partial charge in [-0.15, -0.1) is 11.8 Å². The van der Waals surface area contributed by atoms with E-state index in [1.54, 1.807) is 18.9 Å². The Morgan fingerprint density at radius 3 is 2.35 bits per heavy atom. The molecule has 0 unspecified atom stereocenters. The maximum Gasteiger partial charge on any atom is 0.303 e. The maximum atomic E-state index is 12.2. The lowest BCUT2D eigenvalue weighted by Crippen LogP contribution is -2.31. The molecule has 1 saturated heterocycles. The molecule has 0 radical (unpaired) electrons. The van der Waals surface area contributed by atoms with Gasteiger partial charge in [0.25, 0.3) is 0 Å². The quantitative estimate of drug-likeness (QED) is 0.168. The maximum absolute atomic E-state index is 12.2. The number of aliphatic carboxylic acids is 1. The van der Waals surface area contributed by atoms with Gasteiger partial charge >= 0.3 is 5.97 Å². The van der Waals surface area contributed by atoms with E-state index in [0.717, 1.165) is 27.3 Å². The first-order valence-corrected chi connectivity index (χ1v) is 14.3. The van der Waals surface area contributed by atoms with Crippen LogP contribution in [-0.2, 0) is 25.7 Å². The molecule has 4 rings (SSSR count). The number of benzene rings is 3. The Bertz CT molecular complexity index is 1250. The Labute approximate surface area is 238 Å². The lowest BCUT2D eigenvalue weighted by molar-refractivity contribution is -0.245. The number of aliphatic hydroxyl groups is 1. The number of hydrogen-bond acceptors (Lipinski definition) is 7. The fourth-order valence-electron chi connectivity index (χ4n) is 4.45. The van der Waals surface area contributed by atoms with Crippen LogP contribution in [0, 0.1) is 0 Å². The molecular weight excluding hydrogens is 530 g/mol. The number of hydrogen-bond donors (Lipinski definition) is 3. The number of unbranched alkanes of at least 4 members (excludes halogenated alkanes) is 1. The van der Waals surface area contributed by atoms with E-state index in [1.165, 1.54) is 0 Å². The van der Waals surface area contributed by atoms with Gasteiger partial charge in [-0.3, -0.25) is 9.59 Å². The van der Waals surface area contributed by atoms with Crippen molar-refractivity contribution in [3.05, 3.63) is 89.5 Å². The van der Waals surface area contributed by atoms with Crippen LogP contribution in [0.4, 0.5) is 5.69 Å². The fraction of sp³-hybridized carbons (Fsp3) is 0.355. The number of rotatable bonds is 13. The molecule has 0 bridgehead atoms. The molecule has 1 amide bonds. The number of nitrogens with one attached hydrogen (secondary N) is 1. The molecule has 0 spiro atoms. The lowest BCUT2D eigenvalue weighted by Gasteiger charge is -2.36. The largest absolute Gasteiger partial charge is 0.496 e. The molecule has 40 heavy (non-hydrogen) atoms. The van der Waals surface area contributed by atoms with Crippen LogP contribution in [0.1, 0.15) is 61.2 Å². The van der Waals surface area contributed by atoms with Crippen LogP contribution < -0.4 is 10.1 Å². The van der Waals surface area contributed by atoms with Gasteiger partial charge in [0.1, 0.15) is 5.75 Å². The number of methoxy groups -OCH3 is 1. The van der Waals surface area contributed by atoms with Crippen molar-refractivity contribution in [1.82, 2.24) is 0 Å². The van der Waals surface area contributed by atoms with Crippen molar-refractivity contribution in [2.24, 2.45) is 0 Å². The minimum atomic E-state index is -0.854. The van der Waals surface area contributed by atoms with Gasteiger partial charge in [-0.2, -0.15) is 0 Å². The third-order valence-corrected chi connectivity index (χ3v) is 7.81. The van der Waals surface area contributed by atoms with Crippen LogP contribution in [0.5, 0.6) is 5.75 Å². The monoisotopic (exact) mass is 565 g/mol. The average molecular weight is 566 g/mol. The minimum absolute atomic E-state index is 0.0130. The van der Waals surface area contributed by atoms with Crippen LogP contribution >= 0.6 is 11.8 Å². The second-order valence-corrected chi connectivity index (χ2v) is 10.6. The summed E-state index contributed by atoms with van der Waals surface area (Å²) in [6, 6.07) is 23.1. The SMILES string of the molecule is COc1ccccc1SC[C@@H]1C[C@H](c2ccc(CO)cc2)O[C@H](c2ccc(NC(=O)CCCCC(=O)O)cc2)O1. The third-order valence-electron chi connectivity index (χ3n) is 6.62. The molecule has 3 atom stereocenters. The van der Waals surface area contributed by atoms with Crippen LogP contribution in [0.15, 0.2) is 77.7 Å². The first-order chi connectivity index (χ1) is 19.4. The average Bonchev–Trinajstić information content (AvgIpc) is 2.98. The summed E-state index contributed by atoms with van der Waals surface area (Å²) in [5.74, 6) is 0.532. The molecule has 1 fully saturated rings. The van der Waals surface area contributed by atoms with E-state index in [0.29, 0.717) is 30.7 Å². The molecule has 8 nitrogen and oxygen atoms in total. The molecule has 0 aromatic heterocycles. The number of carboxylic acid groups (broad SMARTS) is 1. The molecule has 1 aliphatic rings. The van der Waals surface area contributed by atoms with Crippen molar-refractivity contribution in [3.8, 4) is 5.75 Å². The van der Waals surface area contributed by atoms with Gasteiger partial charge < -0.3 is 29.7 Å². The first kappa shape index (κ1) is 29.6. The number of anilines is 1. The number of carbonyl (C=O) groups is 2. The van der Waals surface area contributed by atoms with Gasteiger partial charge in [0, 0.05) is 41.2 Å². The molecule has 0 aliphatic carbocycles. The zero-order valence-electron chi connectivity index (χ0n) is 22.5. The lowest BCUT2D eigenvalue weighted by atomic mass is 10.0. The van der Waals surface area contributed by atoms with Crippen LogP contribution in [-0.4, -0.2) is 41.1 Å². The molecular formula is C31H35NO7S. The van der Waals surface area contributed by atoms with Crippen molar-refractivity contribution >= 4 is 29.3 Å². The van der Waals surface area contributed by atoms with Crippen LogP contribution in [0.25, 0.3) is 0 Å². The summed E-state index contributed by atoms with van der Waals surface area (Å²) in [5.41, 5.74) is 3.35. The summed E-state index contributed by atoms with van der Waals surface area (Å²) in [5, 5.41) is 21.0. The van der Waals surface area contributed by atoms with Gasteiger partial charge in [0.05, 0.1) is 25.9 Å². The summed E-state index contributed by atoms with van der Waals surface area (Å²) < 4.78 is 18.3. The van der Waals surface area contributed by atoms with E-state index in [2.05, 4.69) is 5.32 Å². The zero-order chi connectivity index (χ0) is 28.3. The van der Waals surface area contributed by atoms with Gasteiger partial charge in [-0.05, 0) is 48.2 Å². The van der Waals surface area contributed by atoms with E-state index in [-0.39, 0.29) is 37.6 Å². The topological polar surface area (TPSA) is 114 Å². The summed E-state index contributed by atoms with van der Waals surface area (Å²) in [4.78, 5) is 23.9. The van der Waals surface area contributed by atoms with E-state index in [4.69, 9.17) is 19.3 Å². The standard InChI is InChI=1S/C31H35NO7S/c1-37-26-6-2-3-7-28(26)40-20-25-18-27(22-12-10-21(19-33)11-13-22)39-31(38-25)23-14-16-24(17-15-23)32-29(34)8-4-5-9-30(35)36/h2-3,6-7,10-17,25,27,31,33H,4-5,8-9,18-20H2,1H3,(H,32,34)(H,35,36)/t25-,27+,31+/m0/s1. The summed E-state index contributed by atoms with van der Waals surface area (Å²) >= 11 is 1.68. The second-order valence-electron chi connectivity index (χ2n) is 9.58. The van der Waals surface area contributed by atoms with E-state index in [9.17, 15) is 14.7 Å². The molecule has 212 valence electrons. The van der Waals surface area contributed by atoms with Gasteiger partial charge in [-0.25, -0.2) is 0 Å². The Morgan fingerprint density at radius 1 is 0.950 bits per heavy atom. The zero-order valence-corrected chi connectivity index (χ0v) is 23.3. The number of aliphatic hydroxyl groups excluding tert-OH is 1. The highest BCUT2D eigenvalue weighted by Crippen LogP contribution is 2.40. The van der Waals surface area contributed by atoms with E-state index >= 15 is 0 Å². The fourth-order valence-corrected chi connectivity index (χ4v) is 5.50. The normalized spacial score (nSPS) is 18.7. The highest BCUT2D eigenvalue weighted by atomic mass is 32.2.